The zero-order valence-corrected chi connectivity index (χ0v) is 14.5. The van der Waals surface area contributed by atoms with Crippen LogP contribution in [0, 0.1) is 5.41 Å². The van der Waals surface area contributed by atoms with Gasteiger partial charge in [-0.2, -0.15) is 0 Å². The SMILES string of the molecule is O[C@H](CN1CCC2(CCNCC2)CC1)c1ccc(-n2cnnn2)cc1. The molecule has 2 N–H and O–H groups in total. The monoisotopic (exact) mass is 342 g/mol. The van der Waals surface area contributed by atoms with Crippen molar-refractivity contribution in [1.82, 2.24) is 30.4 Å². The third-order valence-corrected chi connectivity index (χ3v) is 5.90. The molecular formula is C18H26N6O. The summed E-state index contributed by atoms with van der Waals surface area (Å²) < 4.78 is 1.61. The molecule has 7 nitrogen and oxygen atoms in total. The lowest BCUT2D eigenvalue weighted by molar-refractivity contribution is 0.0417. The van der Waals surface area contributed by atoms with Crippen molar-refractivity contribution in [3.63, 3.8) is 0 Å². The van der Waals surface area contributed by atoms with Crippen molar-refractivity contribution in [2.45, 2.75) is 31.8 Å². The Morgan fingerprint density at radius 3 is 2.44 bits per heavy atom. The average Bonchev–Trinajstić information content (AvgIpc) is 3.19. The van der Waals surface area contributed by atoms with Crippen molar-refractivity contribution in [2.24, 2.45) is 5.41 Å². The molecule has 0 amide bonds. The van der Waals surface area contributed by atoms with Crippen LogP contribution < -0.4 is 5.32 Å². The second-order valence-electron chi connectivity index (χ2n) is 7.41. The molecule has 1 atom stereocenters. The maximum atomic E-state index is 10.6. The van der Waals surface area contributed by atoms with E-state index in [1.54, 1.807) is 11.0 Å². The van der Waals surface area contributed by atoms with Gasteiger partial charge in [0.1, 0.15) is 6.33 Å². The quantitative estimate of drug-likeness (QED) is 0.868. The minimum Gasteiger partial charge on any atom is -0.387 e. The maximum absolute atomic E-state index is 10.6. The zero-order valence-electron chi connectivity index (χ0n) is 14.5. The summed E-state index contributed by atoms with van der Waals surface area (Å²) >= 11 is 0. The Kier molecular flexibility index (Phi) is 4.78. The second-order valence-corrected chi connectivity index (χ2v) is 7.41. The number of rotatable bonds is 4. The summed E-state index contributed by atoms with van der Waals surface area (Å²) in [5.74, 6) is 0. The summed E-state index contributed by atoms with van der Waals surface area (Å²) in [5, 5.41) is 25.2. The molecule has 0 bridgehead atoms. The number of aliphatic hydroxyl groups excluding tert-OH is 1. The first-order valence-electron chi connectivity index (χ1n) is 9.19. The van der Waals surface area contributed by atoms with E-state index in [0.29, 0.717) is 12.0 Å². The van der Waals surface area contributed by atoms with Crippen molar-refractivity contribution in [3.05, 3.63) is 36.2 Å². The van der Waals surface area contributed by atoms with Gasteiger partial charge in [-0.05, 0) is 85.4 Å². The van der Waals surface area contributed by atoms with Crippen molar-refractivity contribution in [1.29, 1.82) is 0 Å². The number of hydrogen-bond acceptors (Lipinski definition) is 6. The van der Waals surface area contributed by atoms with E-state index in [1.165, 1.54) is 25.7 Å². The molecule has 0 saturated carbocycles. The van der Waals surface area contributed by atoms with Crippen molar-refractivity contribution in [2.75, 3.05) is 32.7 Å². The molecule has 0 unspecified atom stereocenters. The molecule has 2 aliphatic rings. The molecule has 1 spiro atoms. The number of tetrazole rings is 1. The molecular weight excluding hydrogens is 316 g/mol. The maximum Gasteiger partial charge on any atom is 0.143 e. The zero-order chi connectivity index (χ0) is 17.1. The van der Waals surface area contributed by atoms with E-state index in [0.717, 1.165) is 37.4 Å². The Bertz CT molecular complexity index is 655. The van der Waals surface area contributed by atoms with Crippen molar-refractivity contribution >= 4 is 0 Å². The Morgan fingerprint density at radius 1 is 1.08 bits per heavy atom. The number of aliphatic hydroxyl groups is 1. The van der Waals surface area contributed by atoms with Gasteiger partial charge in [0.15, 0.2) is 0 Å². The van der Waals surface area contributed by atoms with Crippen LogP contribution in [0.15, 0.2) is 30.6 Å². The van der Waals surface area contributed by atoms with Gasteiger partial charge in [0.25, 0.3) is 0 Å². The Morgan fingerprint density at radius 2 is 1.80 bits per heavy atom. The second kappa shape index (κ2) is 7.19. The molecule has 134 valence electrons. The van der Waals surface area contributed by atoms with Crippen LogP contribution in [0.1, 0.15) is 37.4 Å². The highest BCUT2D eigenvalue weighted by Gasteiger charge is 2.35. The van der Waals surface area contributed by atoms with Crippen LogP contribution in [0.3, 0.4) is 0 Å². The van der Waals surface area contributed by atoms with Gasteiger partial charge in [0, 0.05) is 6.54 Å². The lowest BCUT2D eigenvalue weighted by Crippen LogP contribution is -2.46. The van der Waals surface area contributed by atoms with E-state index >= 15 is 0 Å². The molecule has 2 saturated heterocycles. The molecule has 3 heterocycles. The smallest absolute Gasteiger partial charge is 0.143 e. The number of nitrogens with one attached hydrogen (secondary N) is 1. The third kappa shape index (κ3) is 3.73. The molecule has 0 aliphatic carbocycles. The van der Waals surface area contributed by atoms with Crippen LogP contribution in [0.25, 0.3) is 5.69 Å². The van der Waals surface area contributed by atoms with E-state index < -0.39 is 6.10 Å². The fraction of sp³-hybridized carbons (Fsp3) is 0.611. The largest absolute Gasteiger partial charge is 0.387 e. The molecule has 2 aliphatic heterocycles. The minimum absolute atomic E-state index is 0.454. The van der Waals surface area contributed by atoms with Crippen LogP contribution in [0.2, 0.25) is 0 Å². The average molecular weight is 342 g/mol. The standard InChI is InChI=1S/C18H26N6O/c25-17(15-1-3-16(4-2-15)24-14-20-21-22-24)13-23-11-7-18(8-12-23)5-9-19-10-6-18/h1-4,14,17,19,25H,5-13H2/t17-/m1/s1. The highest BCUT2D eigenvalue weighted by atomic mass is 16.3. The Labute approximate surface area is 148 Å². The Balaban J connectivity index is 1.32. The molecule has 2 aromatic rings. The number of β-amino-alcohol motifs (C(OH)–C–C–N with tert-alkyl or cyclic N) is 1. The highest BCUT2D eigenvalue weighted by Crippen LogP contribution is 2.39. The van der Waals surface area contributed by atoms with Gasteiger partial charge in [-0.3, -0.25) is 0 Å². The predicted molar refractivity (Wildman–Crippen MR) is 94.3 cm³/mol. The van der Waals surface area contributed by atoms with E-state index in [9.17, 15) is 5.11 Å². The molecule has 2 fully saturated rings. The minimum atomic E-state index is -0.454. The fourth-order valence-corrected chi connectivity index (χ4v) is 4.15. The number of nitrogens with zero attached hydrogens (tertiary/aromatic N) is 5. The van der Waals surface area contributed by atoms with E-state index in [-0.39, 0.29) is 0 Å². The van der Waals surface area contributed by atoms with Gasteiger partial charge in [0.2, 0.25) is 0 Å². The molecule has 4 rings (SSSR count). The summed E-state index contributed by atoms with van der Waals surface area (Å²) in [5.41, 5.74) is 2.39. The van der Waals surface area contributed by atoms with Crippen LogP contribution in [0.5, 0.6) is 0 Å². The third-order valence-electron chi connectivity index (χ3n) is 5.90. The van der Waals surface area contributed by atoms with E-state index in [2.05, 4.69) is 25.7 Å². The first-order valence-corrected chi connectivity index (χ1v) is 9.19. The van der Waals surface area contributed by atoms with E-state index in [1.807, 2.05) is 24.3 Å². The molecule has 0 radical (unpaired) electrons. The normalized spacial score (nSPS) is 22.1. The number of hydrogen-bond donors (Lipinski definition) is 2. The van der Waals surface area contributed by atoms with Gasteiger partial charge in [-0.15, -0.1) is 5.10 Å². The van der Waals surface area contributed by atoms with Gasteiger partial charge < -0.3 is 15.3 Å². The fourth-order valence-electron chi connectivity index (χ4n) is 4.15. The lowest BCUT2D eigenvalue weighted by atomic mass is 9.71. The molecule has 1 aromatic carbocycles. The summed E-state index contributed by atoms with van der Waals surface area (Å²) in [6.45, 7) is 5.23. The van der Waals surface area contributed by atoms with Gasteiger partial charge in [-0.25, -0.2) is 4.68 Å². The van der Waals surface area contributed by atoms with Crippen LogP contribution >= 0.6 is 0 Å². The van der Waals surface area contributed by atoms with Crippen LogP contribution in [-0.4, -0.2) is 62.9 Å². The van der Waals surface area contributed by atoms with Crippen molar-refractivity contribution in [3.8, 4) is 5.69 Å². The molecule has 1 aromatic heterocycles. The first kappa shape index (κ1) is 16.6. The summed E-state index contributed by atoms with van der Waals surface area (Å²) in [7, 11) is 0. The van der Waals surface area contributed by atoms with Gasteiger partial charge in [-0.1, -0.05) is 12.1 Å². The van der Waals surface area contributed by atoms with Crippen molar-refractivity contribution < 1.29 is 5.11 Å². The van der Waals surface area contributed by atoms with Gasteiger partial charge >= 0.3 is 0 Å². The lowest BCUT2D eigenvalue weighted by Gasteiger charge is -2.44. The summed E-state index contributed by atoms with van der Waals surface area (Å²) in [6, 6.07) is 7.80. The summed E-state index contributed by atoms with van der Waals surface area (Å²) in [4.78, 5) is 2.41. The topological polar surface area (TPSA) is 79.1 Å². The number of aromatic nitrogens is 4. The predicted octanol–water partition coefficient (Wildman–Crippen LogP) is 1.16. The number of benzene rings is 1. The number of likely N-dealkylation sites (tertiary alicyclic amines) is 1. The summed E-state index contributed by atoms with van der Waals surface area (Å²) in [6.07, 6.45) is 6.25. The first-order chi connectivity index (χ1) is 12.2. The Hall–Kier alpha value is -1.83. The van der Waals surface area contributed by atoms with Gasteiger partial charge in [0.05, 0.1) is 11.8 Å². The van der Waals surface area contributed by atoms with E-state index in [4.69, 9.17) is 0 Å². The van der Waals surface area contributed by atoms with Crippen LogP contribution in [-0.2, 0) is 0 Å². The number of piperidine rings is 2. The molecule has 7 heteroatoms. The van der Waals surface area contributed by atoms with Crippen LogP contribution in [0.4, 0.5) is 0 Å². The highest BCUT2D eigenvalue weighted by molar-refractivity contribution is 5.34. The molecule has 25 heavy (non-hydrogen) atoms.